The number of hydrogen-bond acceptors (Lipinski definition) is 3. The second-order valence-electron chi connectivity index (χ2n) is 3.83. The molecule has 1 rings (SSSR count). The minimum atomic E-state index is -0.425. The van der Waals surface area contributed by atoms with E-state index in [9.17, 15) is 4.79 Å². The van der Waals surface area contributed by atoms with Gasteiger partial charge in [0.2, 0.25) is 0 Å². The molecule has 78 valence electrons. The van der Waals surface area contributed by atoms with Crippen LogP contribution in [-0.2, 0) is 11.2 Å². The van der Waals surface area contributed by atoms with Crippen LogP contribution in [0.5, 0.6) is 0 Å². The Kier molecular flexibility index (Phi) is 3.41. The zero-order valence-corrected chi connectivity index (χ0v) is 8.90. The van der Waals surface area contributed by atoms with E-state index in [0.717, 1.165) is 5.69 Å². The predicted octanol–water partition coefficient (Wildman–Crippen LogP) is 0.923. The zero-order chi connectivity index (χ0) is 10.7. The van der Waals surface area contributed by atoms with E-state index in [-0.39, 0.29) is 5.78 Å². The Balaban J connectivity index is 2.64. The summed E-state index contributed by atoms with van der Waals surface area (Å²) in [4.78, 5) is 15.1. The fourth-order valence-corrected chi connectivity index (χ4v) is 1.14. The molecule has 14 heavy (non-hydrogen) atoms. The van der Waals surface area contributed by atoms with Crippen molar-refractivity contribution in [2.75, 3.05) is 0 Å². The van der Waals surface area contributed by atoms with E-state index in [4.69, 9.17) is 5.73 Å². The SMILES string of the molecule is CC(=O)C(N)Cc1cn(C(C)C)cn1. The van der Waals surface area contributed by atoms with Crippen LogP contribution >= 0.6 is 0 Å². The third kappa shape index (κ3) is 2.67. The summed E-state index contributed by atoms with van der Waals surface area (Å²) >= 11 is 0. The number of rotatable bonds is 4. The standard InChI is InChI=1S/C10H17N3O/c1-7(2)13-5-9(12-6-13)4-10(11)8(3)14/h5-7,10H,4,11H2,1-3H3. The van der Waals surface area contributed by atoms with Crippen molar-refractivity contribution in [3.8, 4) is 0 Å². The molecule has 0 aliphatic heterocycles. The molecule has 0 aromatic carbocycles. The zero-order valence-electron chi connectivity index (χ0n) is 8.90. The number of ketones is 1. The fourth-order valence-electron chi connectivity index (χ4n) is 1.14. The van der Waals surface area contributed by atoms with Gasteiger partial charge in [-0.1, -0.05) is 0 Å². The third-order valence-electron chi connectivity index (χ3n) is 2.20. The second kappa shape index (κ2) is 4.37. The molecular formula is C10H17N3O. The van der Waals surface area contributed by atoms with E-state index < -0.39 is 6.04 Å². The van der Waals surface area contributed by atoms with Crippen molar-refractivity contribution in [3.63, 3.8) is 0 Å². The molecule has 1 atom stereocenters. The minimum Gasteiger partial charge on any atom is -0.335 e. The number of carbonyl (C=O) groups excluding carboxylic acids is 1. The Morgan fingerprint density at radius 2 is 2.29 bits per heavy atom. The quantitative estimate of drug-likeness (QED) is 0.777. The molecule has 0 bridgehead atoms. The lowest BCUT2D eigenvalue weighted by atomic mass is 10.1. The van der Waals surface area contributed by atoms with Crippen LogP contribution in [0, 0.1) is 0 Å². The topological polar surface area (TPSA) is 60.9 Å². The summed E-state index contributed by atoms with van der Waals surface area (Å²) in [5, 5.41) is 0. The van der Waals surface area contributed by atoms with E-state index in [1.165, 1.54) is 6.92 Å². The molecule has 2 N–H and O–H groups in total. The summed E-state index contributed by atoms with van der Waals surface area (Å²) in [6.07, 6.45) is 4.23. The molecule has 1 heterocycles. The van der Waals surface area contributed by atoms with Crippen molar-refractivity contribution in [3.05, 3.63) is 18.2 Å². The number of imidazole rings is 1. The first kappa shape index (κ1) is 10.9. The van der Waals surface area contributed by atoms with E-state index in [2.05, 4.69) is 18.8 Å². The normalized spacial score (nSPS) is 13.2. The number of hydrogen-bond donors (Lipinski definition) is 1. The molecule has 0 saturated heterocycles. The maximum atomic E-state index is 10.9. The highest BCUT2D eigenvalue weighted by Gasteiger charge is 2.11. The van der Waals surface area contributed by atoms with Crippen LogP contribution < -0.4 is 5.73 Å². The van der Waals surface area contributed by atoms with Gasteiger partial charge in [-0.15, -0.1) is 0 Å². The average molecular weight is 195 g/mol. The number of carbonyl (C=O) groups is 1. The number of Topliss-reactive ketones (excluding diaryl/α,β-unsaturated/α-hetero) is 1. The molecule has 1 aromatic heterocycles. The van der Waals surface area contributed by atoms with Gasteiger partial charge in [0.25, 0.3) is 0 Å². The molecule has 4 heteroatoms. The Morgan fingerprint density at radius 1 is 1.64 bits per heavy atom. The lowest BCUT2D eigenvalue weighted by molar-refractivity contribution is -0.118. The lowest BCUT2D eigenvalue weighted by Gasteiger charge is -2.05. The summed E-state index contributed by atoms with van der Waals surface area (Å²) in [5.41, 5.74) is 6.51. The highest BCUT2D eigenvalue weighted by molar-refractivity contribution is 5.81. The third-order valence-corrected chi connectivity index (χ3v) is 2.20. The van der Waals surface area contributed by atoms with Crippen molar-refractivity contribution in [1.29, 1.82) is 0 Å². The summed E-state index contributed by atoms with van der Waals surface area (Å²) in [6, 6.07) is -0.0321. The van der Waals surface area contributed by atoms with Crippen molar-refractivity contribution in [1.82, 2.24) is 9.55 Å². The molecule has 1 unspecified atom stereocenters. The molecule has 0 radical (unpaired) electrons. The van der Waals surface area contributed by atoms with Crippen LogP contribution in [0.25, 0.3) is 0 Å². The fraction of sp³-hybridized carbons (Fsp3) is 0.600. The molecular weight excluding hydrogens is 178 g/mol. The predicted molar refractivity (Wildman–Crippen MR) is 55.0 cm³/mol. The van der Waals surface area contributed by atoms with E-state index >= 15 is 0 Å². The lowest BCUT2D eigenvalue weighted by Crippen LogP contribution is -2.30. The molecule has 0 aliphatic carbocycles. The van der Waals surface area contributed by atoms with Crippen LogP contribution in [0.15, 0.2) is 12.5 Å². The Labute approximate surface area is 84.1 Å². The maximum absolute atomic E-state index is 10.9. The van der Waals surface area contributed by atoms with Gasteiger partial charge < -0.3 is 10.3 Å². The van der Waals surface area contributed by atoms with Gasteiger partial charge in [-0.3, -0.25) is 4.79 Å². The Morgan fingerprint density at radius 3 is 2.71 bits per heavy atom. The summed E-state index contributed by atoms with van der Waals surface area (Å²) in [5.74, 6) is 0.00379. The Bertz CT molecular complexity index is 317. The van der Waals surface area contributed by atoms with Gasteiger partial charge in [0.1, 0.15) is 5.78 Å². The van der Waals surface area contributed by atoms with Crippen LogP contribution in [-0.4, -0.2) is 21.4 Å². The number of aromatic nitrogens is 2. The highest BCUT2D eigenvalue weighted by atomic mass is 16.1. The van der Waals surface area contributed by atoms with Crippen LogP contribution in [0.1, 0.15) is 32.5 Å². The van der Waals surface area contributed by atoms with Gasteiger partial charge in [0.15, 0.2) is 0 Å². The van der Waals surface area contributed by atoms with Crippen LogP contribution in [0.2, 0.25) is 0 Å². The Hall–Kier alpha value is -1.16. The monoisotopic (exact) mass is 195 g/mol. The number of nitrogens with zero attached hydrogens (tertiary/aromatic N) is 2. The minimum absolute atomic E-state index is 0.00379. The van der Waals surface area contributed by atoms with Gasteiger partial charge in [0, 0.05) is 18.7 Å². The van der Waals surface area contributed by atoms with Crippen molar-refractivity contribution in [2.45, 2.75) is 39.3 Å². The molecule has 0 aliphatic rings. The number of nitrogens with two attached hydrogens (primary N) is 1. The summed E-state index contributed by atoms with van der Waals surface area (Å²) in [7, 11) is 0. The molecule has 0 saturated carbocycles. The van der Waals surface area contributed by atoms with Crippen molar-refractivity contribution in [2.24, 2.45) is 5.73 Å². The van der Waals surface area contributed by atoms with Crippen LogP contribution in [0.3, 0.4) is 0 Å². The largest absolute Gasteiger partial charge is 0.335 e. The van der Waals surface area contributed by atoms with Gasteiger partial charge in [0.05, 0.1) is 18.1 Å². The molecule has 1 aromatic rings. The average Bonchev–Trinajstić information content (AvgIpc) is 2.52. The van der Waals surface area contributed by atoms with E-state index in [0.29, 0.717) is 12.5 Å². The first-order chi connectivity index (χ1) is 6.50. The smallest absolute Gasteiger partial charge is 0.146 e. The van der Waals surface area contributed by atoms with E-state index in [1.807, 2.05) is 10.8 Å². The van der Waals surface area contributed by atoms with Gasteiger partial charge in [-0.25, -0.2) is 4.98 Å². The molecule has 0 fully saturated rings. The van der Waals surface area contributed by atoms with Crippen LogP contribution in [0.4, 0.5) is 0 Å². The second-order valence-corrected chi connectivity index (χ2v) is 3.83. The maximum Gasteiger partial charge on any atom is 0.146 e. The first-order valence-electron chi connectivity index (χ1n) is 4.79. The van der Waals surface area contributed by atoms with Crippen molar-refractivity contribution >= 4 is 5.78 Å². The molecule has 0 spiro atoms. The first-order valence-corrected chi connectivity index (χ1v) is 4.79. The van der Waals surface area contributed by atoms with Gasteiger partial charge >= 0.3 is 0 Å². The van der Waals surface area contributed by atoms with Gasteiger partial charge in [-0.05, 0) is 20.8 Å². The van der Waals surface area contributed by atoms with E-state index in [1.54, 1.807) is 6.33 Å². The summed E-state index contributed by atoms with van der Waals surface area (Å²) < 4.78 is 2.00. The molecule has 0 amide bonds. The summed E-state index contributed by atoms with van der Waals surface area (Å²) in [6.45, 7) is 5.66. The van der Waals surface area contributed by atoms with Gasteiger partial charge in [-0.2, -0.15) is 0 Å². The molecule has 4 nitrogen and oxygen atoms in total. The van der Waals surface area contributed by atoms with Crippen molar-refractivity contribution < 1.29 is 4.79 Å². The highest BCUT2D eigenvalue weighted by Crippen LogP contribution is 2.06.